The monoisotopic (exact) mass is 212 g/mol. The first kappa shape index (κ1) is 11.3. The molecule has 4 heteroatoms. The van der Waals surface area contributed by atoms with Crippen molar-refractivity contribution in [1.82, 2.24) is 4.98 Å². The summed E-state index contributed by atoms with van der Waals surface area (Å²) < 4.78 is 11.6. The first-order valence-corrected chi connectivity index (χ1v) is 6.09. The summed E-state index contributed by atoms with van der Waals surface area (Å²) in [4.78, 5) is 4.19. The van der Waals surface area contributed by atoms with E-state index in [0.717, 1.165) is 11.3 Å². The highest BCUT2D eigenvalue weighted by atomic mass is 32.2. The van der Waals surface area contributed by atoms with Gasteiger partial charge < -0.3 is 5.73 Å². The third-order valence-electron chi connectivity index (χ3n) is 1.86. The van der Waals surface area contributed by atoms with Crippen LogP contribution in [-0.4, -0.2) is 21.0 Å². The molecule has 0 bridgehead atoms. The number of nitrogens with zero attached hydrogens (tertiary/aromatic N) is 1. The van der Waals surface area contributed by atoms with Gasteiger partial charge >= 0.3 is 0 Å². The molecule has 2 N–H and O–H groups in total. The van der Waals surface area contributed by atoms with E-state index in [1.54, 1.807) is 6.20 Å². The van der Waals surface area contributed by atoms with Gasteiger partial charge in [0.05, 0.1) is 11.4 Å². The summed E-state index contributed by atoms with van der Waals surface area (Å²) >= 11 is 0. The highest BCUT2D eigenvalue weighted by Gasteiger charge is 2.07. The van der Waals surface area contributed by atoms with E-state index >= 15 is 0 Å². The summed E-state index contributed by atoms with van der Waals surface area (Å²) in [6, 6.07) is 3.85. The molecule has 0 aromatic carbocycles. The van der Waals surface area contributed by atoms with Gasteiger partial charge in [0, 0.05) is 28.8 Å². The SMILES string of the molecule is Cc1cccnc1CS(=O)CC(C)N. The van der Waals surface area contributed by atoms with Gasteiger partial charge in [-0.1, -0.05) is 6.07 Å². The minimum Gasteiger partial charge on any atom is -0.327 e. The lowest BCUT2D eigenvalue weighted by Gasteiger charge is -2.06. The zero-order valence-electron chi connectivity index (χ0n) is 8.56. The van der Waals surface area contributed by atoms with Crippen molar-refractivity contribution in [2.75, 3.05) is 5.75 Å². The van der Waals surface area contributed by atoms with Crippen LogP contribution in [0.15, 0.2) is 18.3 Å². The molecule has 0 aliphatic rings. The molecule has 0 radical (unpaired) electrons. The predicted octanol–water partition coefficient (Wildman–Crippen LogP) is 0.986. The molecule has 0 aliphatic heterocycles. The lowest BCUT2D eigenvalue weighted by atomic mass is 10.2. The summed E-state index contributed by atoms with van der Waals surface area (Å²) in [7, 11) is -0.899. The van der Waals surface area contributed by atoms with Crippen LogP contribution in [-0.2, 0) is 16.6 Å². The Hall–Kier alpha value is -0.740. The molecule has 2 atom stereocenters. The maximum Gasteiger partial charge on any atom is 0.0662 e. The summed E-state index contributed by atoms with van der Waals surface area (Å²) in [6.07, 6.45) is 1.73. The van der Waals surface area contributed by atoms with Gasteiger partial charge in [-0.3, -0.25) is 9.19 Å². The Balaban J connectivity index is 2.61. The second-order valence-electron chi connectivity index (χ2n) is 3.50. The first-order chi connectivity index (χ1) is 6.59. The lowest BCUT2D eigenvalue weighted by molar-refractivity contribution is 0.675. The number of hydrogen-bond donors (Lipinski definition) is 1. The minimum absolute atomic E-state index is 0.0140. The minimum atomic E-state index is -0.899. The van der Waals surface area contributed by atoms with Gasteiger partial charge in [0.25, 0.3) is 0 Å². The molecule has 14 heavy (non-hydrogen) atoms. The van der Waals surface area contributed by atoms with Crippen LogP contribution in [0.5, 0.6) is 0 Å². The van der Waals surface area contributed by atoms with Gasteiger partial charge in [0.1, 0.15) is 0 Å². The van der Waals surface area contributed by atoms with E-state index in [1.165, 1.54) is 0 Å². The van der Waals surface area contributed by atoms with Crippen molar-refractivity contribution in [3.63, 3.8) is 0 Å². The molecule has 1 aromatic rings. The van der Waals surface area contributed by atoms with Gasteiger partial charge in [-0.2, -0.15) is 0 Å². The fourth-order valence-electron chi connectivity index (χ4n) is 1.17. The second-order valence-corrected chi connectivity index (χ2v) is 5.00. The van der Waals surface area contributed by atoms with Gasteiger partial charge in [-0.05, 0) is 25.5 Å². The van der Waals surface area contributed by atoms with Crippen molar-refractivity contribution >= 4 is 10.8 Å². The van der Waals surface area contributed by atoms with Crippen LogP contribution in [0.1, 0.15) is 18.2 Å². The highest BCUT2D eigenvalue weighted by molar-refractivity contribution is 7.84. The van der Waals surface area contributed by atoms with Gasteiger partial charge in [-0.15, -0.1) is 0 Å². The molecular weight excluding hydrogens is 196 g/mol. The zero-order valence-corrected chi connectivity index (χ0v) is 9.38. The van der Waals surface area contributed by atoms with Crippen LogP contribution < -0.4 is 5.73 Å². The van der Waals surface area contributed by atoms with Crippen molar-refractivity contribution in [3.8, 4) is 0 Å². The molecule has 0 saturated carbocycles. The molecule has 0 aliphatic carbocycles. The summed E-state index contributed by atoms with van der Waals surface area (Å²) in [6.45, 7) is 3.84. The van der Waals surface area contributed by atoms with E-state index in [-0.39, 0.29) is 6.04 Å². The number of hydrogen-bond acceptors (Lipinski definition) is 3. The van der Waals surface area contributed by atoms with Crippen LogP contribution in [0.25, 0.3) is 0 Å². The number of pyridine rings is 1. The van der Waals surface area contributed by atoms with E-state index in [9.17, 15) is 4.21 Å². The molecule has 0 amide bonds. The van der Waals surface area contributed by atoms with Gasteiger partial charge in [0.2, 0.25) is 0 Å². The Morgan fingerprint density at radius 3 is 2.93 bits per heavy atom. The van der Waals surface area contributed by atoms with E-state index in [0.29, 0.717) is 11.5 Å². The summed E-state index contributed by atoms with van der Waals surface area (Å²) in [5.41, 5.74) is 7.57. The highest BCUT2D eigenvalue weighted by Crippen LogP contribution is 2.06. The van der Waals surface area contributed by atoms with Crippen molar-refractivity contribution in [1.29, 1.82) is 0 Å². The largest absolute Gasteiger partial charge is 0.327 e. The predicted molar refractivity (Wildman–Crippen MR) is 59.3 cm³/mol. The summed E-state index contributed by atoms with van der Waals surface area (Å²) in [5.74, 6) is 1.05. The van der Waals surface area contributed by atoms with E-state index in [1.807, 2.05) is 26.0 Å². The molecule has 0 fully saturated rings. The number of rotatable bonds is 4. The Bertz CT molecular complexity index is 326. The molecule has 78 valence electrons. The van der Waals surface area contributed by atoms with Crippen molar-refractivity contribution in [3.05, 3.63) is 29.6 Å². The smallest absolute Gasteiger partial charge is 0.0662 e. The summed E-state index contributed by atoms with van der Waals surface area (Å²) in [5, 5.41) is 0. The molecular formula is C10H16N2OS. The molecule has 0 saturated heterocycles. The van der Waals surface area contributed by atoms with Crippen LogP contribution in [0, 0.1) is 6.92 Å². The number of nitrogens with two attached hydrogens (primary N) is 1. The average molecular weight is 212 g/mol. The number of aryl methyl sites for hydroxylation is 1. The number of aromatic nitrogens is 1. The van der Waals surface area contributed by atoms with Crippen molar-refractivity contribution in [2.24, 2.45) is 5.73 Å². The maximum absolute atomic E-state index is 11.6. The van der Waals surface area contributed by atoms with Crippen LogP contribution >= 0.6 is 0 Å². The van der Waals surface area contributed by atoms with Crippen LogP contribution in [0.2, 0.25) is 0 Å². The van der Waals surface area contributed by atoms with Gasteiger partial charge in [0.15, 0.2) is 0 Å². The van der Waals surface area contributed by atoms with Crippen molar-refractivity contribution < 1.29 is 4.21 Å². The van der Waals surface area contributed by atoms with E-state index < -0.39 is 10.8 Å². The topological polar surface area (TPSA) is 56.0 Å². The molecule has 3 nitrogen and oxygen atoms in total. The van der Waals surface area contributed by atoms with Crippen molar-refractivity contribution in [2.45, 2.75) is 25.6 Å². The molecule has 1 rings (SSSR count). The lowest BCUT2D eigenvalue weighted by Crippen LogP contribution is -2.23. The Kier molecular flexibility index (Phi) is 4.22. The Morgan fingerprint density at radius 1 is 1.64 bits per heavy atom. The van der Waals surface area contributed by atoms with E-state index in [4.69, 9.17) is 5.73 Å². The standard InChI is InChI=1S/C10H16N2OS/c1-8-4-3-5-12-10(8)7-14(13)6-9(2)11/h3-5,9H,6-7,11H2,1-2H3. The van der Waals surface area contributed by atoms with Crippen LogP contribution in [0.3, 0.4) is 0 Å². The third-order valence-corrected chi connectivity index (χ3v) is 3.36. The average Bonchev–Trinajstić information content (AvgIpc) is 2.07. The molecule has 2 unspecified atom stereocenters. The van der Waals surface area contributed by atoms with Crippen LogP contribution in [0.4, 0.5) is 0 Å². The fourth-order valence-corrected chi connectivity index (χ4v) is 2.49. The quantitative estimate of drug-likeness (QED) is 0.809. The molecule has 1 aromatic heterocycles. The van der Waals surface area contributed by atoms with Gasteiger partial charge in [-0.25, -0.2) is 0 Å². The van der Waals surface area contributed by atoms with E-state index in [2.05, 4.69) is 4.98 Å². The fraction of sp³-hybridized carbons (Fsp3) is 0.500. The Labute approximate surface area is 87.2 Å². The molecule has 1 heterocycles. The third kappa shape index (κ3) is 3.55. The normalized spacial score (nSPS) is 15.1. The maximum atomic E-state index is 11.6. The first-order valence-electron chi connectivity index (χ1n) is 4.60. The Morgan fingerprint density at radius 2 is 2.36 bits per heavy atom. The molecule has 0 spiro atoms. The second kappa shape index (κ2) is 5.22. The zero-order chi connectivity index (χ0) is 10.6.